The molecule has 1 aliphatic rings. The van der Waals surface area contributed by atoms with Crippen molar-refractivity contribution in [3.05, 3.63) is 47.1 Å². The molecule has 1 saturated heterocycles. The number of halogens is 5. The average molecular weight is 393 g/mol. The zero-order valence-electron chi connectivity index (χ0n) is 13.1. The highest BCUT2D eigenvalue weighted by Crippen LogP contribution is 2.31. The van der Waals surface area contributed by atoms with Crippen LogP contribution in [0, 0.1) is 0 Å². The van der Waals surface area contributed by atoms with Crippen LogP contribution in [0.1, 0.15) is 18.4 Å². The monoisotopic (exact) mass is 392 g/mol. The van der Waals surface area contributed by atoms with E-state index < -0.39 is 11.7 Å². The molecule has 25 heavy (non-hydrogen) atoms. The van der Waals surface area contributed by atoms with E-state index in [1.165, 1.54) is 6.07 Å². The van der Waals surface area contributed by atoms with Crippen LogP contribution in [0.15, 0.2) is 36.4 Å². The summed E-state index contributed by atoms with van der Waals surface area (Å²) in [5, 5.41) is 11.4. The van der Waals surface area contributed by atoms with Gasteiger partial charge in [0.1, 0.15) is 0 Å². The van der Waals surface area contributed by atoms with Gasteiger partial charge in [-0.2, -0.15) is 13.2 Å². The van der Waals surface area contributed by atoms with Gasteiger partial charge in [-0.15, -0.1) is 22.6 Å². The topological polar surface area (TPSA) is 41.0 Å². The quantitative estimate of drug-likeness (QED) is 0.824. The molecule has 4 nitrogen and oxygen atoms in total. The van der Waals surface area contributed by atoms with Gasteiger partial charge in [0.2, 0.25) is 0 Å². The number of rotatable bonds is 3. The summed E-state index contributed by atoms with van der Waals surface area (Å²) >= 11 is 5.74. The zero-order chi connectivity index (χ0) is 17.2. The first-order valence-corrected chi connectivity index (χ1v) is 7.97. The van der Waals surface area contributed by atoms with Crippen molar-refractivity contribution < 1.29 is 13.2 Å². The summed E-state index contributed by atoms with van der Waals surface area (Å²) in [5.41, 5.74) is -0.178. The molecule has 136 valence electrons. The highest BCUT2D eigenvalue weighted by molar-refractivity contribution is 6.29. The summed E-state index contributed by atoms with van der Waals surface area (Å²) < 4.78 is 38.4. The molecule has 1 aromatic carbocycles. The Morgan fingerprint density at radius 3 is 2.64 bits per heavy atom. The third kappa shape index (κ3) is 5.12. The fraction of sp³-hybridized carbons (Fsp3) is 0.375. The van der Waals surface area contributed by atoms with Crippen LogP contribution < -0.4 is 10.2 Å². The van der Waals surface area contributed by atoms with E-state index in [1.807, 2.05) is 0 Å². The van der Waals surface area contributed by atoms with E-state index in [-0.39, 0.29) is 18.4 Å². The van der Waals surface area contributed by atoms with Gasteiger partial charge in [0.15, 0.2) is 11.0 Å². The van der Waals surface area contributed by atoms with E-state index in [1.54, 1.807) is 18.2 Å². The number of aromatic nitrogens is 2. The highest BCUT2D eigenvalue weighted by atomic mass is 35.5. The molecule has 0 spiro atoms. The second kappa shape index (κ2) is 8.10. The first-order chi connectivity index (χ1) is 11.4. The molecule has 0 bridgehead atoms. The number of nitrogens with one attached hydrogen (secondary N) is 1. The maximum atomic E-state index is 12.8. The molecule has 2 aromatic rings. The molecule has 1 atom stereocenters. The van der Waals surface area contributed by atoms with Crippen LogP contribution in [0.2, 0.25) is 5.15 Å². The molecule has 1 aliphatic heterocycles. The largest absolute Gasteiger partial charge is 0.416 e. The predicted molar refractivity (Wildman–Crippen MR) is 94.6 cm³/mol. The predicted octanol–water partition coefficient (Wildman–Crippen LogP) is 4.65. The lowest BCUT2D eigenvalue weighted by molar-refractivity contribution is -0.137. The Bertz CT molecular complexity index is 695. The smallest absolute Gasteiger partial charge is 0.381 e. The molecule has 1 aromatic heterocycles. The van der Waals surface area contributed by atoms with Crippen LogP contribution >= 0.6 is 24.0 Å². The number of benzene rings is 1. The second-order valence-corrected chi connectivity index (χ2v) is 6.11. The highest BCUT2D eigenvalue weighted by Gasteiger charge is 2.30. The maximum absolute atomic E-state index is 12.8. The van der Waals surface area contributed by atoms with E-state index in [9.17, 15) is 13.2 Å². The molecule has 1 N–H and O–H groups in total. The van der Waals surface area contributed by atoms with Crippen LogP contribution in [0.3, 0.4) is 0 Å². The Kier molecular flexibility index (Phi) is 6.35. The SMILES string of the molecule is Cl.FC(F)(F)c1cccc(NC2CCCN(c3ccc(Cl)nn3)C2)c1. The lowest BCUT2D eigenvalue weighted by Gasteiger charge is -2.34. The first-order valence-electron chi connectivity index (χ1n) is 7.60. The van der Waals surface area contributed by atoms with E-state index in [2.05, 4.69) is 20.4 Å². The lowest BCUT2D eigenvalue weighted by Crippen LogP contribution is -2.42. The van der Waals surface area contributed by atoms with Gasteiger partial charge in [-0.1, -0.05) is 17.7 Å². The molecule has 0 amide bonds. The molecule has 9 heteroatoms. The van der Waals surface area contributed by atoms with E-state index in [4.69, 9.17) is 11.6 Å². The Morgan fingerprint density at radius 1 is 1.16 bits per heavy atom. The molecular weight excluding hydrogens is 376 g/mol. The van der Waals surface area contributed by atoms with Crippen molar-refractivity contribution in [1.82, 2.24) is 10.2 Å². The molecule has 1 unspecified atom stereocenters. The van der Waals surface area contributed by atoms with Gasteiger partial charge in [0.25, 0.3) is 0 Å². The van der Waals surface area contributed by atoms with Crippen LogP contribution in [0.25, 0.3) is 0 Å². The minimum Gasteiger partial charge on any atom is -0.381 e. The van der Waals surface area contributed by atoms with Gasteiger partial charge in [0.05, 0.1) is 5.56 Å². The Labute approximate surface area is 154 Å². The molecule has 2 heterocycles. The van der Waals surface area contributed by atoms with Crippen molar-refractivity contribution in [3.8, 4) is 0 Å². The number of alkyl halides is 3. The summed E-state index contributed by atoms with van der Waals surface area (Å²) in [6.07, 6.45) is -2.54. The number of hydrogen-bond acceptors (Lipinski definition) is 4. The Morgan fingerprint density at radius 2 is 1.96 bits per heavy atom. The van der Waals surface area contributed by atoms with Crippen molar-refractivity contribution in [3.63, 3.8) is 0 Å². The number of nitrogens with zero attached hydrogens (tertiary/aromatic N) is 3. The van der Waals surface area contributed by atoms with Crippen LogP contribution in [-0.2, 0) is 6.18 Å². The second-order valence-electron chi connectivity index (χ2n) is 5.72. The summed E-state index contributed by atoms with van der Waals surface area (Å²) in [6.45, 7) is 1.48. The van der Waals surface area contributed by atoms with Crippen molar-refractivity contribution >= 4 is 35.5 Å². The summed E-state index contributed by atoms with van der Waals surface area (Å²) in [4.78, 5) is 2.05. The minimum atomic E-state index is -4.34. The summed E-state index contributed by atoms with van der Waals surface area (Å²) in [6, 6.07) is 8.78. The fourth-order valence-corrected chi connectivity index (χ4v) is 2.90. The molecule has 1 fully saturated rings. The fourth-order valence-electron chi connectivity index (χ4n) is 2.80. The number of piperidine rings is 1. The standard InChI is InChI=1S/C16H16ClF3N4.ClH/c17-14-6-7-15(23-22-14)24-8-2-5-13(10-24)21-12-4-1-3-11(9-12)16(18,19)20;/h1,3-4,6-7,9,13,21H,2,5,8,10H2;1H. The maximum Gasteiger partial charge on any atom is 0.416 e. The molecular formula is C16H17Cl2F3N4. The van der Waals surface area contributed by atoms with Gasteiger partial charge in [-0.25, -0.2) is 0 Å². The number of anilines is 2. The first kappa shape index (κ1) is 19.6. The normalized spacial score (nSPS) is 17.8. The summed E-state index contributed by atoms with van der Waals surface area (Å²) in [7, 11) is 0. The van der Waals surface area contributed by atoms with Crippen molar-refractivity contribution in [2.24, 2.45) is 0 Å². The number of hydrogen-bond donors (Lipinski definition) is 1. The van der Waals surface area contributed by atoms with Crippen LogP contribution in [0.5, 0.6) is 0 Å². The van der Waals surface area contributed by atoms with Gasteiger partial charge in [-0.3, -0.25) is 0 Å². The molecule has 3 rings (SSSR count). The summed E-state index contributed by atoms with van der Waals surface area (Å²) in [5.74, 6) is 0.718. The van der Waals surface area contributed by atoms with Crippen molar-refractivity contribution in [1.29, 1.82) is 0 Å². The Balaban J connectivity index is 0.00000225. The molecule has 0 saturated carbocycles. The van der Waals surface area contributed by atoms with Gasteiger partial charge in [-0.05, 0) is 43.2 Å². The van der Waals surface area contributed by atoms with E-state index in [0.717, 1.165) is 37.3 Å². The Hall–Kier alpha value is -1.73. The van der Waals surface area contributed by atoms with Crippen LogP contribution in [0.4, 0.5) is 24.7 Å². The average Bonchev–Trinajstić information content (AvgIpc) is 2.55. The third-order valence-electron chi connectivity index (χ3n) is 3.92. The minimum absolute atomic E-state index is 0. The van der Waals surface area contributed by atoms with Gasteiger partial charge in [0, 0.05) is 24.8 Å². The van der Waals surface area contributed by atoms with Crippen molar-refractivity contribution in [2.75, 3.05) is 23.3 Å². The molecule has 0 radical (unpaired) electrons. The van der Waals surface area contributed by atoms with Crippen LogP contribution in [-0.4, -0.2) is 29.3 Å². The van der Waals surface area contributed by atoms with E-state index in [0.29, 0.717) is 17.4 Å². The lowest BCUT2D eigenvalue weighted by atomic mass is 10.0. The third-order valence-corrected chi connectivity index (χ3v) is 4.13. The zero-order valence-corrected chi connectivity index (χ0v) is 14.7. The molecule has 0 aliphatic carbocycles. The van der Waals surface area contributed by atoms with Gasteiger partial charge < -0.3 is 10.2 Å². The van der Waals surface area contributed by atoms with Gasteiger partial charge >= 0.3 is 6.18 Å². The van der Waals surface area contributed by atoms with Crippen molar-refractivity contribution in [2.45, 2.75) is 25.1 Å². The van der Waals surface area contributed by atoms with E-state index >= 15 is 0 Å².